The van der Waals surface area contributed by atoms with Crippen molar-refractivity contribution in [3.05, 3.63) is 82.4 Å². The Kier molecular flexibility index (Phi) is 5.03. The van der Waals surface area contributed by atoms with Crippen LogP contribution in [0.5, 0.6) is 23.0 Å². The van der Waals surface area contributed by atoms with Gasteiger partial charge in [0.1, 0.15) is 23.0 Å². The molecule has 0 spiro atoms. The van der Waals surface area contributed by atoms with E-state index in [1.165, 1.54) is 0 Å². The van der Waals surface area contributed by atoms with Crippen molar-refractivity contribution in [3.63, 3.8) is 0 Å². The maximum absolute atomic E-state index is 10.6. The van der Waals surface area contributed by atoms with Crippen LogP contribution in [-0.4, -0.2) is 20.4 Å². The number of benzene rings is 3. The van der Waals surface area contributed by atoms with Gasteiger partial charge in [-0.15, -0.1) is 0 Å². The summed E-state index contributed by atoms with van der Waals surface area (Å²) in [5.74, 6) is 0.636. The minimum atomic E-state index is 0.118. The van der Waals surface area contributed by atoms with Crippen molar-refractivity contribution < 1.29 is 20.4 Å². The summed E-state index contributed by atoms with van der Waals surface area (Å²) in [5.41, 5.74) is 3.93. The Bertz CT molecular complexity index is 825. The molecular formula is C22H22O4. The fourth-order valence-electron chi connectivity index (χ4n) is 3.12. The average molecular weight is 350 g/mol. The normalized spacial score (nSPS) is 10.8. The SMILES string of the molecule is CCc1c(O)c(Cc2ccc(O)cc2)cc(Cc2ccc(O)cc2)c1O. The highest BCUT2D eigenvalue weighted by atomic mass is 16.3. The first-order valence-electron chi connectivity index (χ1n) is 8.59. The second kappa shape index (κ2) is 7.40. The van der Waals surface area contributed by atoms with Gasteiger partial charge < -0.3 is 20.4 Å². The third-order valence-electron chi connectivity index (χ3n) is 4.54. The smallest absolute Gasteiger partial charge is 0.125 e. The lowest BCUT2D eigenvalue weighted by atomic mass is 9.93. The molecule has 0 radical (unpaired) electrons. The molecule has 3 aromatic carbocycles. The number of hydrogen-bond donors (Lipinski definition) is 4. The summed E-state index contributed by atoms with van der Waals surface area (Å²) in [4.78, 5) is 0. The van der Waals surface area contributed by atoms with Crippen LogP contribution in [0.15, 0.2) is 54.6 Å². The number of hydrogen-bond acceptors (Lipinski definition) is 4. The van der Waals surface area contributed by atoms with Gasteiger partial charge in [-0.3, -0.25) is 0 Å². The lowest BCUT2D eigenvalue weighted by molar-refractivity contribution is 0.432. The Morgan fingerprint density at radius 3 is 1.35 bits per heavy atom. The zero-order valence-corrected chi connectivity index (χ0v) is 14.6. The van der Waals surface area contributed by atoms with Gasteiger partial charge in [0.25, 0.3) is 0 Å². The Labute approximate surface area is 152 Å². The van der Waals surface area contributed by atoms with Crippen LogP contribution < -0.4 is 0 Å². The second-order valence-corrected chi connectivity index (χ2v) is 6.41. The summed E-state index contributed by atoms with van der Waals surface area (Å²) in [5, 5.41) is 40.0. The predicted octanol–water partition coefficient (Wildman–Crippen LogP) is 4.25. The zero-order chi connectivity index (χ0) is 18.7. The molecule has 4 N–H and O–H groups in total. The maximum Gasteiger partial charge on any atom is 0.125 e. The standard InChI is InChI=1S/C22H22O4/c1-2-20-21(25)16(11-14-3-7-18(23)8-4-14)13-17(22(20)26)12-15-5-9-19(24)10-6-15/h3-10,13,23-26H,2,11-12H2,1H3. The van der Waals surface area contributed by atoms with Crippen molar-refractivity contribution in [2.24, 2.45) is 0 Å². The molecule has 0 heterocycles. The van der Waals surface area contributed by atoms with E-state index in [0.29, 0.717) is 24.8 Å². The number of phenolic OH excluding ortho intramolecular Hbond substituents is 4. The van der Waals surface area contributed by atoms with E-state index in [2.05, 4.69) is 0 Å². The summed E-state index contributed by atoms with van der Waals surface area (Å²) in [6.07, 6.45) is 1.52. The maximum atomic E-state index is 10.6. The fourth-order valence-corrected chi connectivity index (χ4v) is 3.12. The van der Waals surface area contributed by atoms with Gasteiger partial charge in [-0.05, 0) is 59.0 Å². The summed E-state index contributed by atoms with van der Waals surface area (Å²) >= 11 is 0. The number of aromatic hydroxyl groups is 4. The van der Waals surface area contributed by atoms with E-state index in [9.17, 15) is 20.4 Å². The van der Waals surface area contributed by atoms with Crippen LogP contribution in [0.3, 0.4) is 0 Å². The van der Waals surface area contributed by atoms with Crippen molar-refractivity contribution in [1.29, 1.82) is 0 Å². The molecule has 0 saturated carbocycles. The van der Waals surface area contributed by atoms with Gasteiger partial charge in [-0.2, -0.15) is 0 Å². The molecule has 0 aliphatic heterocycles. The van der Waals surface area contributed by atoms with Gasteiger partial charge in [-0.1, -0.05) is 31.2 Å². The van der Waals surface area contributed by atoms with E-state index < -0.39 is 0 Å². The Morgan fingerprint density at radius 1 is 0.615 bits per heavy atom. The topological polar surface area (TPSA) is 80.9 Å². The van der Waals surface area contributed by atoms with Crippen LogP contribution in [-0.2, 0) is 19.3 Å². The Hall–Kier alpha value is -3.14. The quantitative estimate of drug-likeness (QED) is 0.554. The largest absolute Gasteiger partial charge is 0.508 e. The van der Waals surface area contributed by atoms with E-state index in [0.717, 1.165) is 22.3 Å². The van der Waals surface area contributed by atoms with Crippen LogP contribution in [0.1, 0.15) is 34.7 Å². The fraction of sp³-hybridized carbons (Fsp3) is 0.182. The molecule has 4 heteroatoms. The monoisotopic (exact) mass is 350 g/mol. The summed E-state index contributed by atoms with van der Waals surface area (Å²) < 4.78 is 0. The van der Waals surface area contributed by atoms with Crippen LogP contribution in [0.2, 0.25) is 0 Å². The molecular weight excluding hydrogens is 328 g/mol. The van der Waals surface area contributed by atoms with Gasteiger partial charge in [0.15, 0.2) is 0 Å². The second-order valence-electron chi connectivity index (χ2n) is 6.41. The van der Waals surface area contributed by atoms with Crippen LogP contribution in [0.25, 0.3) is 0 Å². The third-order valence-corrected chi connectivity index (χ3v) is 4.54. The van der Waals surface area contributed by atoms with E-state index in [4.69, 9.17) is 0 Å². The van der Waals surface area contributed by atoms with Crippen LogP contribution >= 0.6 is 0 Å². The molecule has 4 nitrogen and oxygen atoms in total. The molecule has 0 aromatic heterocycles. The minimum Gasteiger partial charge on any atom is -0.508 e. The van der Waals surface area contributed by atoms with E-state index in [1.807, 2.05) is 37.3 Å². The third kappa shape index (κ3) is 3.75. The highest BCUT2D eigenvalue weighted by Gasteiger charge is 2.16. The van der Waals surface area contributed by atoms with Gasteiger partial charge >= 0.3 is 0 Å². The molecule has 0 bridgehead atoms. The van der Waals surface area contributed by atoms with Gasteiger partial charge in [0.2, 0.25) is 0 Å². The van der Waals surface area contributed by atoms with Crippen molar-refractivity contribution in [3.8, 4) is 23.0 Å². The molecule has 0 aliphatic carbocycles. The Balaban J connectivity index is 1.98. The average Bonchev–Trinajstić information content (AvgIpc) is 2.63. The molecule has 0 aliphatic rings. The molecule has 134 valence electrons. The summed E-state index contributed by atoms with van der Waals surface area (Å²) in [6, 6.07) is 15.5. The predicted molar refractivity (Wildman–Crippen MR) is 101 cm³/mol. The highest BCUT2D eigenvalue weighted by Crippen LogP contribution is 2.37. The van der Waals surface area contributed by atoms with Gasteiger partial charge in [0, 0.05) is 18.4 Å². The minimum absolute atomic E-state index is 0.118. The van der Waals surface area contributed by atoms with Gasteiger partial charge in [-0.25, -0.2) is 0 Å². The van der Waals surface area contributed by atoms with Crippen LogP contribution in [0.4, 0.5) is 0 Å². The first-order valence-corrected chi connectivity index (χ1v) is 8.59. The molecule has 3 rings (SSSR count). The van der Waals surface area contributed by atoms with E-state index in [1.54, 1.807) is 24.3 Å². The van der Waals surface area contributed by atoms with Crippen molar-refractivity contribution in [2.45, 2.75) is 26.2 Å². The lowest BCUT2D eigenvalue weighted by Gasteiger charge is -2.16. The molecule has 3 aromatic rings. The first-order chi connectivity index (χ1) is 12.5. The lowest BCUT2D eigenvalue weighted by Crippen LogP contribution is -1.99. The highest BCUT2D eigenvalue weighted by molar-refractivity contribution is 5.55. The van der Waals surface area contributed by atoms with E-state index >= 15 is 0 Å². The van der Waals surface area contributed by atoms with Crippen molar-refractivity contribution in [2.75, 3.05) is 0 Å². The summed E-state index contributed by atoms with van der Waals surface area (Å²) in [7, 11) is 0. The molecule has 0 saturated heterocycles. The zero-order valence-electron chi connectivity index (χ0n) is 14.6. The number of phenols is 4. The molecule has 0 unspecified atom stereocenters. The van der Waals surface area contributed by atoms with Crippen molar-refractivity contribution >= 4 is 0 Å². The molecule has 0 amide bonds. The summed E-state index contributed by atoms with van der Waals surface area (Å²) in [6.45, 7) is 1.89. The van der Waals surface area contributed by atoms with Gasteiger partial charge in [0.05, 0.1) is 0 Å². The Morgan fingerprint density at radius 2 is 1.00 bits per heavy atom. The van der Waals surface area contributed by atoms with E-state index in [-0.39, 0.29) is 23.0 Å². The first kappa shape index (κ1) is 17.7. The molecule has 26 heavy (non-hydrogen) atoms. The van der Waals surface area contributed by atoms with Crippen LogP contribution in [0, 0.1) is 0 Å². The molecule has 0 fully saturated rings. The number of rotatable bonds is 5. The van der Waals surface area contributed by atoms with Crippen molar-refractivity contribution in [1.82, 2.24) is 0 Å². The molecule has 0 atom stereocenters.